The van der Waals surface area contributed by atoms with Gasteiger partial charge in [0.05, 0.1) is 0 Å². The van der Waals surface area contributed by atoms with E-state index in [0.29, 0.717) is 0 Å². The molecule has 0 amide bonds. The van der Waals surface area contributed by atoms with Crippen molar-refractivity contribution in [3.63, 3.8) is 0 Å². The van der Waals surface area contributed by atoms with Gasteiger partial charge in [-0.25, -0.2) is 0 Å². The predicted molar refractivity (Wildman–Crippen MR) is 29.2 cm³/mol. The van der Waals surface area contributed by atoms with E-state index in [2.05, 4.69) is 11.9 Å². The third-order valence-electron chi connectivity index (χ3n) is 2.55. The van der Waals surface area contributed by atoms with E-state index in [-0.39, 0.29) is 0 Å². The maximum absolute atomic E-state index is 2.48. The van der Waals surface area contributed by atoms with E-state index in [4.69, 9.17) is 0 Å². The van der Waals surface area contributed by atoms with Crippen LogP contribution >= 0.6 is 0 Å². The fraction of sp³-hybridized carbons (Fsp3) is 1.00. The standard InChI is InChI=1S/C6H11N/c1-7-5-4-6(7)2-3-6/h2-5H2,1H3. The van der Waals surface area contributed by atoms with Crippen LogP contribution in [0.3, 0.4) is 0 Å². The van der Waals surface area contributed by atoms with Crippen LogP contribution in [0.1, 0.15) is 19.3 Å². The summed E-state index contributed by atoms with van der Waals surface area (Å²) in [5, 5.41) is 0. The highest BCUT2D eigenvalue weighted by Gasteiger charge is 2.51. The van der Waals surface area contributed by atoms with Gasteiger partial charge in [0.15, 0.2) is 0 Å². The second kappa shape index (κ2) is 0.873. The first-order chi connectivity index (χ1) is 3.33. The molecule has 0 aromatic carbocycles. The first-order valence-corrected chi connectivity index (χ1v) is 3.05. The first-order valence-electron chi connectivity index (χ1n) is 3.05. The van der Waals surface area contributed by atoms with Gasteiger partial charge in [-0.15, -0.1) is 0 Å². The second-order valence-corrected chi connectivity index (χ2v) is 2.90. The van der Waals surface area contributed by atoms with E-state index in [0.717, 1.165) is 5.54 Å². The summed E-state index contributed by atoms with van der Waals surface area (Å²) < 4.78 is 0. The van der Waals surface area contributed by atoms with Gasteiger partial charge in [-0.05, 0) is 26.3 Å². The van der Waals surface area contributed by atoms with Crippen molar-refractivity contribution in [2.45, 2.75) is 24.8 Å². The third-order valence-corrected chi connectivity index (χ3v) is 2.55. The predicted octanol–water partition coefficient (Wildman–Crippen LogP) is 0.855. The van der Waals surface area contributed by atoms with Crippen molar-refractivity contribution in [1.29, 1.82) is 0 Å². The van der Waals surface area contributed by atoms with Crippen molar-refractivity contribution in [1.82, 2.24) is 4.90 Å². The molecule has 1 heterocycles. The summed E-state index contributed by atoms with van der Waals surface area (Å²) in [4.78, 5) is 2.48. The Morgan fingerprint density at radius 3 is 2.00 bits per heavy atom. The van der Waals surface area contributed by atoms with Crippen molar-refractivity contribution >= 4 is 0 Å². The molecule has 2 rings (SSSR count). The molecule has 0 aromatic heterocycles. The SMILES string of the molecule is CN1CCC12CC2. The van der Waals surface area contributed by atoms with Gasteiger partial charge in [-0.2, -0.15) is 0 Å². The molecule has 1 heteroatoms. The largest absolute Gasteiger partial charge is 0.301 e. The smallest absolute Gasteiger partial charge is 0.0220 e. The summed E-state index contributed by atoms with van der Waals surface area (Å²) in [6.45, 7) is 1.35. The van der Waals surface area contributed by atoms with Gasteiger partial charge in [0.1, 0.15) is 0 Å². The van der Waals surface area contributed by atoms with E-state index in [9.17, 15) is 0 Å². The van der Waals surface area contributed by atoms with E-state index < -0.39 is 0 Å². The van der Waals surface area contributed by atoms with E-state index in [1.165, 1.54) is 25.8 Å². The van der Waals surface area contributed by atoms with Gasteiger partial charge in [0.25, 0.3) is 0 Å². The quantitative estimate of drug-likeness (QED) is 0.433. The highest BCUT2D eigenvalue weighted by Crippen LogP contribution is 2.49. The second-order valence-electron chi connectivity index (χ2n) is 2.90. The van der Waals surface area contributed by atoms with Gasteiger partial charge in [-0.1, -0.05) is 0 Å². The molecule has 2 fully saturated rings. The lowest BCUT2D eigenvalue weighted by molar-refractivity contribution is 0.104. The molecule has 1 aliphatic carbocycles. The number of hydrogen-bond acceptors (Lipinski definition) is 1. The van der Waals surface area contributed by atoms with E-state index in [1.807, 2.05) is 0 Å². The molecule has 0 unspecified atom stereocenters. The van der Waals surface area contributed by atoms with Gasteiger partial charge >= 0.3 is 0 Å². The maximum Gasteiger partial charge on any atom is 0.0220 e. The molecule has 1 saturated heterocycles. The summed E-state index contributed by atoms with van der Waals surface area (Å²) in [6.07, 6.45) is 4.43. The highest BCUT2D eigenvalue weighted by molar-refractivity contribution is 5.09. The summed E-state index contributed by atoms with van der Waals surface area (Å²) in [5.74, 6) is 0. The zero-order valence-electron chi connectivity index (χ0n) is 4.78. The van der Waals surface area contributed by atoms with E-state index >= 15 is 0 Å². The molecule has 7 heavy (non-hydrogen) atoms. The Hall–Kier alpha value is -0.0400. The minimum absolute atomic E-state index is 0.764. The van der Waals surface area contributed by atoms with Gasteiger partial charge in [0, 0.05) is 12.1 Å². The molecule has 1 saturated carbocycles. The summed E-state index contributed by atoms with van der Waals surface area (Å²) in [7, 11) is 2.23. The van der Waals surface area contributed by atoms with Crippen molar-refractivity contribution in [2.75, 3.05) is 13.6 Å². The fourth-order valence-electron chi connectivity index (χ4n) is 1.43. The summed E-state index contributed by atoms with van der Waals surface area (Å²) >= 11 is 0. The lowest BCUT2D eigenvalue weighted by Gasteiger charge is -2.38. The number of rotatable bonds is 0. The zero-order valence-corrected chi connectivity index (χ0v) is 4.78. The van der Waals surface area contributed by atoms with Crippen molar-refractivity contribution in [3.8, 4) is 0 Å². The Morgan fingerprint density at radius 2 is 2.00 bits per heavy atom. The summed E-state index contributed by atoms with van der Waals surface area (Å²) in [5.41, 5.74) is 0.764. The molecule has 0 aromatic rings. The lowest BCUT2D eigenvalue weighted by atomic mass is 10.0. The van der Waals surface area contributed by atoms with Gasteiger partial charge < -0.3 is 4.90 Å². The minimum Gasteiger partial charge on any atom is -0.301 e. The Bertz CT molecular complexity index is 94.4. The highest BCUT2D eigenvalue weighted by atomic mass is 15.3. The Morgan fingerprint density at radius 1 is 1.29 bits per heavy atom. The van der Waals surface area contributed by atoms with Crippen molar-refractivity contribution < 1.29 is 0 Å². The topological polar surface area (TPSA) is 3.24 Å². The number of nitrogens with zero attached hydrogens (tertiary/aromatic N) is 1. The molecule has 0 radical (unpaired) electrons. The van der Waals surface area contributed by atoms with Crippen LogP contribution in [0.2, 0.25) is 0 Å². The van der Waals surface area contributed by atoms with Crippen LogP contribution in [0.5, 0.6) is 0 Å². The average Bonchev–Trinajstić information content (AvgIpc) is 2.40. The van der Waals surface area contributed by atoms with Gasteiger partial charge in [-0.3, -0.25) is 0 Å². The molecule has 2 aliphatic rings. The molecule has 1 aliphatic heterocycles. The van der Waals surface area contributed by atoms with Crippen molar-refractivity contribution in [2.24, 2.45) is 0 Å². The minimum atomic E-state index is 0.764. The Labute approximate surface area is 44.3 Å². The maximum atomic E-state index is 2.48. The molecule has 0 bridgehead atoms. The van der Waals surface area contributed by atoms with Crippen LogP contribution in [-0.4, -0.2) is 24.0 Å². The Balaban J connectivity index is 2.09. The molecule has 1 nitrogen and oxygen atoms in total. The number of likely N-dealkylation sites (tertiary alicyclic amines) is 1. The van der Waals surface area contributed by atoms with Crippen molar-refractivity contribution in [3.05, 3.63) is 0 Å². The molecular formula is C6H11N. The fourth-order valence-corrected chi connectivity index (χ4v) is 1.43. The van der Waals surface area contributed by atoms with E-state index in [1.54, 1.807) is 0 Å². The van der Waals surface area contributed by atoms with Crippen LogP contribution in [0.4, 0.5) is 0 Å². The molecule has 1 spiro atoms. The number of hydrogen-bond donors (Lipinski definition) is 0. The Kier molecular flexibility index (Phi) is 0.487. The monoisotopic (exact) mass is 97.1 g/mol. The summed E-state index contributed by atoms with van der Waals surface area (Å²) in [6, 6.07) is 0. The molecular weight excluding hydrogens is 86.1 g/mol. The lowest BCUT2D eigenvalue weighted by Crippen LogP contribution is -2.46. The van der Waals surface area contributed by atoms with Crippen LogP contribution < -0.4 is 0 Å². The molecule has 0 N–H and O–H groups in total. The molecule has 0 atom stereocenters. The average molecular weight is 97.2 g/mol. The van der Waals surface area contributed by atoms with Crippen LogP contribution in [0.15, 0.2) is 0 Å². The normalized spacial score (nSPS) is 35.6. The third kappa shape index (κ3) is 0.325. The van der Waals surface area contributed by atoms with Crippen LogP contribution in [0, 0.1) is 0 Å². The zero-order chi connectivity index (χ0) is 4.91. The first kappa shape index (κ1) is 3.90. The van der Waals surface area contributed by atoms with Gasteiger partial charge in [0.2, 0.25) is 0 Å². The van der Waals surface area contributed by atoms with Crippen LogP contribution in [-0.2, 0) is 0 Å². The van der Waals surface area contributed by atoms with Crippen LogP contribution in [0.25, 0.3) is 0 Å². The molecule has 40 valence electrons.